The van der Waals surface area contributed by atoms with Gasteiger partial charge < -0.3 is 5.32 Å². The summed E-state index contributed by atoms with van der Waals surface area (Å²) in [5.41, 5.74) is 4.09. The molecule has 0 bridgehead atoms. The maximum atomic E-state index is 13.2. The van der Waals surface area contributed by atoms with Gasteiger partial charge in [-0.2, -0.15) is 8.75 Å². The molecule has 0 aliphatic carbocycles. The van der Waals surface area contributed by atoms with Crippen molar-refractivity contribution in [2.45, 2.75) is 18.2 Å². The summed E-state index contributed by atoms with van der Waals surface area (Å²) < 4.78 is 32.8. The number of carbonyl (C=O) groups excluding carboxylic acids is 1. The number of hydrogen-bond donors (Lipinski definition) is 2. The Bertz CT molecular complexity index is 1300. The molecule has 0 saturated heterocycles. The maximum Gasteiger partial charge on any atom is 0.268 e. The van der Waals surface area contributed by atoms with E-state index in [0.29, 0.717) is 36.1 Å². The molecule has 0 radical (unpaired) electrons. The molecule has 4 aromatic rings. The number of halogens is 1. The molecule has 35 heavy (non-hydrogen) atoms. The maximum absolute atomic E-state index is 13.2. The van der Waals surface area contributed by atoms with Crippen molar-refractivity contribution in [3.05, 3.63) is 107 Å². The fourth-order valence-corrected chi connectivity index (χ4v) is 5.17. The van der Waals surface area contributed by atoms with Crippen molar-refractivity contribution < 1.29 is 13.6 Å². The smallest absolute Gasteiger partial charge is 0.268 e. The molecule has 0 aliphatic rings. The largest absolute Gasteiger partial charge is 0.352 e. The van der Waals surface area contributed by atoms with Gasteiger partial charge in [0.2, 0.25) is 0 Å². The van der Waals surface area contributed by atoms with Gasteiger partial charge in [-0.1, -0.05) is 82.7 Å². The Balaban J connectivity index is 1.64. The van der Waals surface area contributed by atoms with Gasteiger partial charge in [-0.05, 0) is 35.2 Å². The lowest BCUT2D eigenvalue weighted by Gasteiger charge is -2.22. The summed E-state index contributed by atoms with van der Waals surface area (Å²) in [5.74, 6) is -0.0787. The van der Waals surface area contributed by atoms with E-state index < -0.39 is 11.3 Å². The quantitative estimate of drug-likeness (QED) is 0.200. The first kappa shape index (κ1) is 25.2. The van der Waals surface area contributed by atoms with E-state index in [2.05, 4.69) is 30.0 Å². The number of benzene rings is 3. The Morgan fingerprint density at radius 1 is 0.971 bits per heavy atom. The molecule has 1 heterocycles. The molecule has 180 valence electrons. The third-order valence-electron chi connectivity index (χ3n) is 5.32. The molecule has 0 aliphatic heterocycles. The zero-order chi connectivity index (χ0) is 24.6. The van der Waals surface area contributed by atoms with E-state index in [0.717, 1.165) is 28.4 Å². The first-order valence-electron chi connectivity index (χ1n) is 10.8. The van der Waals surface area contributed by atoms with E-state index >= 15 is 0 Å². The highest BCUT2D eigenvalue weighted by atomic mass is 79.9. The van der Waals surface area contributed by atoms with Crippen LogP contribution >= 0.6 is 27.7 Å². The molecule has 0 fully saturated rings. The SMILES string of the molecule is O=C(NCCc1ccccc1)c1ccc(CBr)cc1N(c1nsnc1Cc1ccccc1)S(=O)O. The van der Waals surface area contributed by atoms with Crippen LogP contribution in [0.3, 0.4) is 0 Å². The van der Waals surface area contributed by atoms with Crippen molar-refractivity contribution in [1.29, 1.82) is 0 Å². The lowest BCUT2D eigenvalue weighted by molar-refractivity contribution is 0.0955. The monoisotopic (exact) mass is 570 g/mol. The van der Waals surface area contributed by atoms with E-state index in [1.807, 2.05) is 66.7 Å². The molecular weight excluding hydrogens is 548 g/mol. The predicted octanol–water partition coefficient (Wildman–Crippen LogP) is 5.27. The molecular formula is C25H23BrN4O3S2. The van der Waals surface area contributed by atoms with Gasteiger partial charge in [0.15, 0.2) is 5.82 Å². The first-order valence-corrected chi connectivity index (χ1v) is 13.8. The van der Waals surface area contributed by atoms with E-state index in [4.69, 9.17) is 0 Å². The van der Waals surface area contributed by atoms with Crippen LogP contribution in [0.5, 0.6) is 0 Å². The van der Waals surface area contributed by atoms with Crippen LogP contribution in [0.15, 0.2) is 78.9 Å². The lowest BCUT2D eigenvalue weighted by Crippen LogP contribution is -2.29. The molecule has 4 rings (SSSR count). The summed E-state index contributed by atoms with van der Waals surface area (Å²) in [6.45, 7) is 0.433. The van der Waals surface area contributed by atoms with E-state index in [-0.39, 0.29) is 17.3 Å². The second-order valence-electron chi connectivity index (χ2n) is 7.70. The van der Waals surface area contributed by atoms with Gasteiger partial charge >= 0.3 is 0 Å². The Morgan fingerprint density at radius 2 is 1.66 bits per heavy atom. The van der Waals surface area contributed by atoms with Gasteiger partial charge in [0.1, 0.15) is 5.69 Å². The van der Waals surface area contributed by atoms with Crippen molar-refractivity contribution >= 4 is 56.3 Å². The molecule has 1 aromatic heterocycles. The van der Waals surface area contributed by atoms with Gasteiger partial charge in [-0.25, -0.2) is 8.51 Å². The van der Waals surface area contributed by atoms with Crippen LogP contribution in [0.2, 0.25) is 0 Å². The third kappa shape index (κ3) is 6.40. The number of aromatic nitrogens is 2. The zero-order valence-electron chi connectivity index (χ0n) is 18.6. The molecule has 2 N–H and O–H groups in total. The Hall–Kier alpha value is -2.92. The van der Waals surface area contributed by atoms with Crippen LogP contribution < -0.4 is 9.62 Å². The van der Waals surface area contributed by atoms with Crippen LogP contribution in [0.4, 0.5) is 11.5 Å². The molecule has 1 amide bonds. The number of hydrogen-bond acceptors (Lipinski definition) is 5. The summed E-state index contributed by atoms with van der Waals surface area (Å²) in [7, 11) is 0. The Kier molecular flexibility index (Phi) is 8.75. The van der Waals surface area contributed by atoms with Gasteiger partial charge in [0.25, 0.3) is 17.2 Å². The summed E-state index contributed by atoms with van der Waals surface area (Å²) in [6.07, 6.45) is 1.12. The number of nitrogens with one attached hydrogen (secondary N) is 1. The lowest BCUT2D eigenvalue weighted by atomic mass is 10.1. The number of anilines is 2. The average molecular weight is 572 g/mol. The summed E-state index contributed by atoms with van der Waals surface area (Å²) in [5, 5.41) is 3.45. The van der Waals surface area contributed by atoms with E-state index in [1.165, 1.54) is 4.31 Å². The molecule has 10 heteroatoms. The Morgan fingerprint density at radius 3 is 2.31 bits per heavy atom. The van der Waals surface area contributed by atoms with Crippen LogP contribution in [0, 0.1) is 0 Å². The minimum Gasteiger partial charge on any atom is -0.352 e. The second-order valence-corrected chi connectivity index (χ2v) is 9.61. The highest BCUT2D eigenvalue weighted by Crippen LogP contribution is 2.33. The highest BCUT2D eigenvalue weighted by molar-refractivity contribution is 9.08. The summed E-state index contributed by atoms with van der Waals surface area (Å²) >= 11 is 1.91. The Labute approximate surface area is 219 Å². The normalized spacial score (nSPS) is 11.7. The van der Waals surface area contributed by atoms with Gasteiger partial charge in [-0.15, -0.1) is 0 Å². The van der Waals surface area contributed by atoms with Crippen LogP contribution in [-0.4, -0.2) is 30.0 Å². The van der Waals surface area contributed by atoms with Gasteiger partial charge in [0.05, 0.1) is 23.0 Å². The number of rotatable bonds is 10. The fourth-order valence-electron chi connectivity index (χ4n) is 3.61. The molecule has 1 unspecified atom stereocenters. The number of nitrogens with zero attached hydrogens (tertiary/aromatic N) is 3. The number of amides is 1. The van der Waals surface area contributed by atoms with Crippen LogP contribution in [0.1, 0.15) is 32.7 Å². The van der Waals surface area contributed by atoms with E-state index in [1.54, 1.807) is 12.1 Å². The van der Waals surface area contributed by atoms with Crippen molar-refractivity contribution in [1.82, 2.24) is 14.1 Å². The predicted molar refractivity (Wildman–Crippen MR) is 144 cm³/mol. The standard InChI is InChI=1S/C25H23BrN4O3S2/c26-17-20-11-12-21(25(31)27-14-13-18-7-3-1-4-8-18)23(16-20)30(35(32)33)24-22(28-34-29-24)15-19-9-5-2-6-10-19/h1-12,16H,13-15,17H2,(H,27,31)(H,32,33). The second kappa shape index (κ2) is 12.2. The van der Waals surface area contributed by atoms with Crippen LogP contribution in [-0.2, 0) is 29.4 Å². The van der Waals surface area contributed by atoms with Crippen molar-refractivity contribution in [2.24, 2.45) is 0 Å². The van der Waals surface area contributed by atoms with Gasteiger partial charge in [0, 0.05) is 18.3 Å². The summed E-state index contributed by atoms with van der Waals surface area (Å²) in [4.78, 5) is 13.2. The van der Waals surface area contributed by atoms with Crippen molar-refractivity contribution in [2.75, 3.05) is 10.8 Å². The molecule has 7 nitrogen and oxygen atoms in total. The van der Waals surface area contributed by atoms with E-state index in [9.17, 15) is 13.6 Å². The minimum atomic E-state index is -2.48. The molecule has 0 spiro atoms. The topological polar surface area (TPSA) is 95.4 Å². The minimum absolute atomic E-state index is 0.254. The van der Waals surface area contributed by atoms with Crippen molar-refractivity contribution in [3.63, 3.8) is 0 Å². The zero-order valence-corrected chi connectivity index (χ0v) is 21.9. The number of alkyl halides is 1. The molecule has 3 aromatic carbocycles. The molecule has 1 atom stereocenters. The third-order valence-corrected chi connectivity index (χ3v) is 7.21. The first-order chi connectivity index (χ1) is 17.1. The fraction of sp³-hybridized carbons (Fsp3) is 0.160. The summed E-state index contributed by atoms with van der Waals surface area (Å²) in [6, 6.07) is 24.8. The van der Waals surface area contributed by atoms with Crippen molar-refractivity contribution in [3.8, 4) is 0 Å². The average Bonchev–Trinajstić information content (AvgIpc) is 3.32. The van der Waals surface area contributed by atoms with Crippen LogP contribution in [0.25, 0.3) is 0 Å². The highest BCUT2D eigenvalue weighted by Gasteiger charge is 2.27. The number of carbonyl (C=O) groups is 1. The molecule has 0 saturated carbocycles. The van der Waals surface area contributed by atoms with Gasteiger partial charge in [-0.3, -0.25) is 9.35 Å².